The summed E-state index contributed by atoms with van der Waals surface area (Å²) in [7, 11) is 0. The molecule has 1 amide bonds. The van der Waals surface area contributed by atoms with E-state index in [1.54, 1.807) is 0 Å². The van der Waals surface area contributed by atoms with Crippen LogP contribution in [0, 0.1) is 0 Å². The van der Waals surface area contributed by atoms with E-state index in [4.69, 9.17) is 17.0 Å². The van der Waals surface area contributed by atoms with E-state index in [0.29, 0.717) is 18.1 Å². The molecule has 0 aliphatic carbocycles. The highest BCUT2D eigenvalue weighted by molar-refractivity contribution is 7.80. The van der Waals surface area contributed by atoms with Crippen molar-refractivity contribution in [2.24, 2.45) is 0 Å². The monoisotopic (exact) mass is 322 g/mol. The molecular formula is C17H26N2O2S. The molecule has 0 unspecified atom stereocenters. The van der Waals surface area contributed by atoms with Crippen LogP contribution in [0.25, 0.3) is 0 Å². The number of amides is 1. The van der Waals surface area contributed by atoms with E-state index in [1.807, 2.05) is 24.3 Å². The van der Waals surface area contributed by atoms with Crippen LogP contribution < -0.4 is 15.4 Å². The molecule has 0 saturated carbocycles. The van der Waals surface area contributed by atoms with E-state index >= 15 is 0 Å². The van der Waals surface area contributed by atoms with Crippen LogP contribution in [0.15, 0.2) is 24.3 Å². The predicted octanol–water partition coefficient (Wildman–Crippen LogP) is 4.26. The first kappa shape index (κ1) is 18.4. The van der Waals surface area contributed by atoms with Gasteiger partial charge >= 0.3 is 0 Å². The lowest BCUT2D eigenvalue weighted by atomic mass is 10.2. The molecule has 1 aromatic rings. The molecule has 0 aromatic heterocycles. The van der Waals surface area contributed by atoms with Gasteiger partial charge in [0.15, 0.2) is 5.11 Å². The number of benzene rings is 1. The van der Waals surface area contributed by atoms with Crippen LogP contribution in [-0.4, -0.2) is 17.6 Å². The van der Waals surface area contributed by atoms with Crippen molar-refractivity contribution in [2.75, 3.05) is 11.9 Å². The zero-order valence-corrected chi connectivity index (χ0v) is 14.3. The summed E-state index contributed by atoms with van der Waals surface area (Å²) in [4.78, 5) is 11.7. The Bertz CT molecular complexity index is 477. The second-order valence-electron chi connectivity index (χ2n) is 5.19. The molecule has 0 aliphatic rings. The van der Waals surface area contributed by atoms with E-state index in [1.165, 1.54) is 0 Å². The molecule has 22 heavy (non-hydrogen) atoms. The molecule has 1 aromatic carbocycles. The van der Waals surface area contributed by atoms with Gasteiger partial charge in [0.25, 0.3) is 0 Å². The van der Waals surface area contributed by atoms with Crippen LogP contribution in [-0.2, 0) is 4.79 Å². The third-order valence-electron chi connectivity index (χ3n) is 3.12. The molecule has 0 fully saturated rings. The van der Waals surface area contributed by atoms with E-state index < -0.39 is 0 Å². The fourth-order valence-corrected chi connectivity index (χ4v) is 2.12. The lowest BCUT2D eigenvalue weighted by Gasteiger charge is -2.11. The fourth-order valence-electron chi connectivity index (χ4n) is 1.89. The van der Waals surface area contributed by atoms with Gasteiger partial charge in [-0.15, -0.1) is 0 Å². The van der Waals surface area contributed by atoms with Gasteiger partial charge in [0, 0.05) is 18.2 Å². The Balaban J connectivity index is 2.40. The Morgan fingerprint density at radius 2 is 1.95 bits per heavy atom. The molecule has 0 aliphatic heterocycles. The second-order valence-corrected chi connectivity index (χ2v) is 5.60. The van der Waals surface area contributed by atoms with Crippen molar-refractivity contribution in [1.29, 1.82) is 0 Å². The van der Waals surface area contributed by atoms with E-state index in [-0.39, 0.29) is 5.91 Å². The minimum Gasteiger partial charge on any atom is -0.494 e. The van der Waals surface area contributed by atoms with Crippen LogP contribution in [0.1, 0.15) is 52.4 Å². The lowest BCUT2D eigenvalue weighted by molar-refractivity contribution is -0.119. The number of hydrogen-bond acceptors (Lipinski definition) is 3. The summed E-state index contributed by atoms with van der Waals surface area (Å²) in [6.45, 7) is 4.95. The average molecular weight is 322 g/mol. The molecule has 0 saturated heterocycles. The fraction of sp³-hybridized carbons (Fsp3) is 0.529. The molecule has 0 radical (unpaired) electrons. The number of anilines is 1. The van der Waals surface area contributed by atoms with Crippen molar-refractivity contribution in [1.82, 2.24) is 5.32 Å². The number of ether oxygens (including phenoxy) is 1. The summed E-state index contributed by atoms with van der Waals surface area (Å²) < 4.78 is 5.64. The van der Waals surface area contributed by atoms with Gasteiger partial charge in [-0.2, -0.15) is 0 Å². The number of carbonyl (C=O) groups is 1. The first-order valence-electron chi connectivity index (χ1n) is 7.99. The van der Waals surface area contributed by atoms with Gasteiger partial charge in [-0.1, -0.05) is 39.2 Å². The molecule has 0 heterocycles. The SMILES string of the molecule is CCCCCC(=O)NC(=S)Nc1cccc(OCCCC)c1. The quantitative estimate of drug-likeness (QED) is 0.527. The number of unbranched alkanes of at least 4 members (excludes halogenated alkanes) is 3. The van der Waals surface area contributed by atoms with Gasteiger partial charge in [-0.05, 0) is 37.2 Å². The zero-order chi connectivity index (χ0) is 16.2. The van der Waals surface area contributed by atoms with Gasteiger partial charge in [-0.3, -0.25) is 4.79 Å². The van der Waals surface area contributed by atoms with Crippen molar-refractivity contribution in [3.05, 3.63) is 24.3 Å². The Hall–Kier alpha value is -1.62. The molecule has 5 heteroatoms. The highest BCUT2D eigenvalue weighted by Gasteiger charge is 2.05. The first-order valence-corrected chi connectivity index (χ1v) is 8.40. The Morgan fingerprint density at radius 3 is 2.68 bits per heavy atom. The van der Waals surface area contributed by atoms with Crippen LogP contribution in [0.3, 0.4) is 0 Å². The van der Waals surface area contributed by atoms with Gasteiger partial charge < -0.3 is 15.4 Å². The topological polar surface area (TPSA) is 50.4 Å². The van der Waals surface area contributed by atoms with Crippen LogP contribution in [0.2, 0.25) is 0 Å². The van der Waals surface area contributed by atoms with Crippen molar-refractivity contribution < 1.29 is 9.53 Å². The summed E-state index contributed by atoms with van der Waals surface area (Å²) in [5.74, 6) is 0.761. The normalized spacial score (nSPS) is 10.1. The summed E-state index contributed by atoms with van der Waals surface area (Å²) in [5.41, 5.74) is 0.813. The van der Waals surface area contributed by atoms with Gasteiger partial charge in [0.05, 0.1) is 6.61 Å². The molecule has 122 valence electrons. The third-order valence-corrected chi connectivity index (χ3v) is 3.32. The number of rotatable bonds is 9. The second kappa shape index (κ2) is 11.0. The molecule has 0 spiro atoms. The molecule has 2 N–H and O–H groups in total. The van der Waals surface area contributed by atoms with E-state index in [2.05, 4.69) is 24.5 Å². The Morgan fingerprint density at radius 1 is 1.18 bits per heavy atom. The maximum atomic E-state index is 11.7. The van der Waals surface area contributed by atoms with Crippen LogP contribution in [0.5, 0.6) is 5.75 Å². The molecule has 0 bridgehead atoms. The summed E-state index contributed by atoms with van der Waals surface area (Å²) >= 11 is 5.16. The number of carbonyl (C=O) groups excluding carboxylic acids is 1. The van der Waals surface area contributed by atoms with Crippen LogP contribution >= 0.6 is 12.2 Å². The minimum absolute atomic E-state index is 0.0405. The Labute approximate surface area is 138 Å². The highest BCUT2D eigenvalue weighted by atomic mass is 32.1. The van der Waals surface area contributed by atoms with Crippen molar-refractivity contribution in [3.63, 3.8) is 0 Å². The molecule has 4 nitrogen and oxygen atoms in total. The Kier molecular flexibility index (Phi) is 9.23. The average Bonchev–Trinajstić information content (AvgIpc) is 2.48. The standard InChI is InChI=1S/C17H26N2O2S/c1-3-5-7-11-16(20)19-17(22)18-14-9-8-10-15(13-14)21-12-6-4-2/h8-10,13H,3-7,11-12H2,1-2H3,(H2,18,19,20,22). The molecule has 1 rings (SSSR count). The molecule has 0 atom stereocenters. The first-order chi connectivity index (χ1) is 10.7. The maximum Gasteiger partial charge on any atom is 0.226 e. The van der Waals surface area contributed by atoms with Crippen molar-refractivity contribution in [2.45, 2.75) is 52.4 Å². The van der Waals surface area contributed by atoms with Crippen LogP contribution in [0.4, 0.5) is 5.69 Å². The van der Waals surface area contributed by atoms with Gasteiger partial charge in [0.1, 0.15) is 5.75 Å². The van der Waals surface area contributed by atoms with E-state index in [9.17, 15) is 4.79 Å². The smallest absolute Gasteiger partial charge is 0.226 e. The van der Waals surface area contributed by atoms with Crippen molar-refractivity contribution >= 4 is 28.9 Å². The number of thiocarbonyl (C=S) groups is 1. The largest absolute Gasteiger partial charge is 0.494 e. The van der Waals surface area contributed by atoms with Gasteiger partial charge in [-0.25, -0.2) is 0 Å². The number of hydrogen-bond donors (Lipinski definition) is 2. The maximum absolute atomic E-state index is 11.7. The van der Waals surface area contributed by atoms with Crippen molar-refractivity contribution in [3.8, 4) is 5.75 Å². The van der Waals surface area contributed by atoms with Gasteiger partial charge in [0.2, 0.25) is 5.91 Å². The predicted molar refractivity (Wildman–Crippen MR) is 95.4 cm³/mol. The van der Waals surface area contributed by atoms with E-state index in [0.717, 1.165) is 43.5 Å². The molecular weight excluding hydrogens is 296 g/mol. The number of nitrogens with one attached hydrogen (secondary N) is 2. The highest BCUT2D eigenvalue weighted by Crippen LogP contribution is 2.17. The zero-order valence-electron chi connectivity index (χ0n) is 13.5. The lowest BCUT2D eigenvalue weighted by Crippen LogP contribution is -2.33. The third kappa shape index (κ3) is 7.98. The summed E-state index contributed by atoms with van der Waals surface area (Å²) in [5, 5.41) is 6.04. The summed E-state index contributed by atoms with van der Waals surface area (Å²) in [6.07, 6.45) is 5.70. The summed E-state index contributed by atoms with van der Waals surface area (Å²) in [6, 6.07) is 7.58. The minimum atomic E-state index is -0.0405.